The summed E-state index contributed by atoms with van der Waals surface area (Å²) in [4.78, 5) is 15.6. The van der Waals surface area contributed by atoms with E-state index >= 15 is 0 Å². The van der Waals surface area contributed by atoms with Gasteiger partial charge in [-0.1, -0.05) is 19.9 Å². The Hall–Kier alpha value is -1.32. The molecule has 1 saturated heterocycles. The van der Waals surface area contributed by atoms with E-state index in [0.29, 0.717) is 0 Å². The van der Waals surface area contributed by atoms with Crippen LogP contribution in [0.4, 0.5) is 10.5 Å². The lowest BCUT2D eigenvalue weighted by Crippen LogP contribution is -2.48. The summed E-state index contributed by atoms with van der Waals surface area (Å²) in [6, 6.07) is 9.42. The van der Waals surface area contributed by atoms with E-state index in [1.165, 1.54) is 0 Å². The molecule has 1 aliphatic rings. The first-order valence-electron chi connectivity index (χ1n) is 7.61. The molecule has 1 aromatic rings. The maximum Gasteiger partial charge on any atom is 0.323 e. The Balaban J connectivity index is 2.26. The third-order valence-electron chi connectivity index (χ3n) is 3.88. The molecule has 0 aliphatic carbocycles. The number of thioether (sulfide) groups is 2. The van der Waals surface area contributed by atoms with Gasteiger partial charge in [-0.15, -0.1) is 23.5 Å². The van der Waals surface area contributed by atoms with Gasteiger partial charge in [0.05, 0.1) is 11.4 Å². The van der Waals surface area contributed by atoms with E-state index in [9.17, 15) is 10.1 Å². The van der Waals surface area contributed by atoms with Crippen LogP contribution in [0.25, 0.3) is 0 Å². The van der Waals surface area contributed by atoms with Crippen molar-refractivity contribution in [3.05, 3.63) is 24.3 Å². The number of nitrogens with one attached hydrogen (secondary N) is 1. The number of carbonyl (C=O) groups excluding carboxylic acids is 1. The van der Waals surface area contributed by atoms with Crippen molar-refractivity contribution in [2.45, 2.75) is 48.8 Å². The van der Waals surface area contributed by atoms with E-state index < -0.39 is 6.04 Å². The molecule has 1 aliphatic heterocycles. The zero-order valence-electron chi connectivity index (χ0n) is 14.2. The first kappa shape index (κ1) is 18.0. The average Bonchev–Trinajstić information content (AvgIpc) is 2.78. The van der Waals surface area contributed by atoms with E-state index in [-0.39, 0.29) is 22.1 Å². The van der Waals surface area contributed by atoms with Crippen LogP contribution >= 0.6 is 23.5 Å². The molecular formula is C17H23N3OS2. The molecule has 0 aromatic heterocycles. The second-order valence-corrected chi connectivity index (χ2v) is 9.11. The molecule has 2 amide bonds. The fraction of sp³-hybridized carbons (Fsp3) is 0.529. The summed E-state index contributed by atoms with van der Waals surface area (Å²) in [7, 11) is 0. The molecule has 23 heavy (non-hydrogen) atoms. The summed E-state index contributed by atoms with van der Waals surface area (Å²) >= 11 is 3.33. The number of carbonyl (C=O) groups is 1. The van der Waals surface area contributed by atoms with Crippen molar-refractivity contribution in [3.8, 4) is 6.07 Å². The minimum Gasteiger partial charge on any atom is -0.308 e. The minimum absolute atomic E-state index is 0.00150. The van der Waals surface area contributed by atoms with Crippen molar-refractivity contribution in [2.24, 2.45) is 5.92 Å². The molecule has 0 spiro atoms. The highest BCUT2D eigenvalue weighted by Gasteiger charge is 2.50. The number of benzene rings is 1. The van der Waals surface area contributed by atoms with Gasteiger partial charge in [0.25, 0.3) is 0 Å². The molecule has 2 atom stereocenters. The molecule has 124 valence electrons. The van der Waals surface area contributed by atoms with Gasteiger partial charge in [-0.25, -0.2) is 4.79 Å². The van der Waals surface area contributed by atoms with Crippen molar-refractivity contribution >= 4 is 35.2 Å². The Bertz CT molecular complexity index is 625. The zero-order valence-corrected chi connectivity index (χ0v) is 15.8. The molecular weight excluding hydrogens is 326 g/mol. The van der Waals surface area contributed by atoms with Gasteiger partial charge in [0.1, 0.15) is 6.04 Å². The lowest BCUT2D eigenvalue weighted by molar-refractivity contribution is 0.184. The molecule has 4 nitrogen and oxygen atoms in total. The van der Waals surface area contributed by atoms with Crippen LogP contribution in [0, 0.1) is 17.2 Å². The Morgan fingerprint density at radius 2 is 2.17 bits per heavy atom. The van der Waals surface area contributed by atoms with Gasteiger partial charge in [-0.05, 0) is 44.2 Å². The average molecular weight is 350 g/mol. The van der Waals surface area contributed by atoms with Crippen molar-refractivity contribution in [1.29, 1.82) is 5.26 Å². The largest absolute Gasteiger partial charge is 0.323 e. The lowest BCUT2D eigenvalue weighted by Gasteiger charge is -2.29. The van der Waals surface area contributed by atoms with Crippen molar-refractivity contribution in [2.75, 3.05) is 11.6 Å². The molecule has 2 rings (SSSR count). The normalized spacial score (nSPS) is 22.9. The van der Waals surface area contributed by atoms with E-state index in [2.05, 4.69) is 25.2 Å². The second-order valence-electron chi connectivity index (χ2n) is 6.46. The van der Waals surface area contributed by atoms with Gasteiger partial charge < -0.3 is 5.32 Å². The smallest absolute Gasteiger partial charge is 0.308 e. The molecule has 6 heteroatoms. The summed E-state index contributed by atoms with van der Waals surface area (Å²) in [5.41, 5.74) is 0.760. The molecule has 0 bridgehead atoms. The number of urea groups is 1. The van der Waals surface area contributed by atoms with Crippen LogP contribution < -0.4 is 5.32 Å². The SMILES string of the molecule is CSc1cccc(NC(=O)N2C(C(C)C)SC(C)(C)C2C#N)c1. The van der Waals surface area contributed by atoms with E-state index in [4.69, 9.17) is 0 Å². The summed E-state index contributed by atoms with van der Waals surface area (Å²) in [5, 5.41) is 12.5. The Labute approximate surface area is 147 Å². The van der Waals surface area contributed by atoms with Crippen LogP contribution in [0.2, 0.25) is 0 Å². The van der Waals surface area contributed by atoms with Crippen molar-refractivity contribution in [3.63, 3.8) is 0 Å². The highest BCUT2D eigenvalue weighted by Crippen LogP contribution is 2.46. The maximum absolute atomic E-state index is 12.8. The lowest BCUT2D eigenvalue weighted by atomic mass is 10.0. The number of anilines is 1. The number of rotatable bonds is 3. The second kappa shape index (κ2) is 7.06. The van der Waals surface area contributed by atoms with Crippen LogP contribution in [-0.2, 0) is 0 Å². The number of nitriles is 1. The quantitative estimate of drug-likeness (QED) is 0.808. The number of hydrogen-bond acceptors (Lipinski definition) is 4. The van der Waals surface area contributed by atoms with Gasteiger partial charge in [0.2, 0.25) is 0 Å². The highest BCUT2D eigenvalue weighted by molar-refractivity contribution is 8.01. The fourth-order valence-corrected chi connectivity index (χ4v) is 4.69. The molecule has 1 fully saturated rings. The van der Waals surface area contributed by atoms with Gasteiger partial charge in [-0.2, -0.15) is 5.26 Å². The highest BCUT2D eigenvalue weighted by atomic mass is 32.2. The number of nitrogens with zero attached hydrogens (tertiary/aromatic N) is 2. The predicted octanol–water partition coefficient (Wildman–Crippen LogP) is 4.64. The summed E-state index contributed by atoms with van der Waals surface area (Å²) in [6.45, 7) is 8.23. The molecule has 1 N–H and O–H groups in total. The third-order valence-corrected chi connectivity index (χ3v) is 6.45. The summed E-state index contributed by atoms with van der Waals surface area (Å²) < 4.78 is -0.276. The topological polar surface area (TPSA) is 56.1 Å². The Morgan fingerprint density at radius 3 is 2.74 bits per heavy atom. The summed E-state index contributed by atoms with van der Waals surface area (Å²) in [5.74, 6) is 0.279. The van der Waals surface area contributed by atoms with Gasteiger partial charge >= 0.3 is 6.03 Å². The first-order valence-corrected chi connectivity index (χ1v) is 9.71. The van der Waals surface area contributed by atoms with Crippen molar-refractivity contribution in [1.82, 2.24) is 4.90 Å². The standard InChI is InChI=1S/C17H23N3OS2/c1-11(2)15-20(14(10-18)17(3,4)23-15)16(21)19-12-7-6-8-13(9-12)22-5/h6-9,11,14-15H,1-5H3,(H,19,21). The van der Waals surface area contributed by atoms with Gasteiger partial charge in [-0.3, -0.25) is 4.90 Å². The molecule has 1 heterocycles. The van der Waals surface area contributed by atoms with E-state index in [0.717, 1.165) is 10.6 Å². The van der Waals surface area contributed by atoms with E-state index in [1.54, 1.807) is 28.4 Å². The molecule has 2 unspecified atom stereocenters. The molecule has 1 aromatic carbocycles. The van der Waals surface area contributed by atoms with Crippen LogP contribution in [0.5, 0.6) is 0 Å². The van der Waals surface area contributed by atoms with E-state index in [1.807, 2.05) is 44.4 Å². The molecule has 0 saturated carbocycles. The number of hydrogen-bond donors (Lipinski definition) is 1. The van der Waals surface area contributed by atoms with Gasteiger partial charge in [0.15, 0.2) is 0 Å². The van der Waals surface area contributed by atoms with Gasteiger partial charge in [0, 0.05) is 15.3 Å². The molecule has 0 radical (unpaired) electrons. The van der Waals surface area contributed by atoms with Crippen LogP contribution in [0.3, 0.4) is 0 Å². The predicted molar refractivity (Wildman–Crippen MR) is 98.8 cm³/mol. The van der Waals surface area contributed by atoms with Crippen LogP contribution in [0.15, 0.2) is 29.2 Å². The number of amides is 2. The van der Waals surface area contributed by atoms with Crippen molar-refractivity contribution < 1.29 is 4.79 Å². The Morgan fingerprint density at radius 1 is 1.48 bits per heavy atom. The summed E-state index contributed by atoms with van der Waals surface area (Å²) in [6.07, 6.45) is 2.00. The van der Waals surface area contributed by atoms with Crippen LogP contribution in [0.1, 0.15) is 27.7 Å². The third kappa shape index (κ3) is 3.78. The Kier molecular flexibility index (Phi) is 5.53. The minimum atomic E-state index is -0.441. The fourth-order valence-electron chi connectivity index (χ4n) is 2.71. The monoisotopic (exact) mass is 349 g/mol. The van der Waals surface area contributed by atoms with Crippen LogP contribution in [-0.4, -0.2) is 33.3 Å². The zero-order chi connectivity index (χ0) is 17.2. The maximum atomic E-state index is 12.8. The first-order chi connectivity index (χ1) is 10.8.